The van der Waals surface area contributed by atoms with Gasteiger partial charge in [-0.15, -0.1) is 0 Å². The van der Waals surface area contributed by atoms with Gasteiger partial charge < -0.3 is 14.8 Å². The van der Waals surface area contributed by atoms with Crippen LogP contribution in [0.4, 0.5) is 0 Å². The minimum Gasteiger partial charge on any atom is -0.491 e. The highest BCUT2D eigenvalue weighted by molar-refractivity contribution is 5.81. The Hall–Kier alpha value is -2.33. The number of nitrogens with one attached hydrogen (secondary N) is 1. The first-order chi connectivity index (χ1) is 11.1. The molecule has 1 atom stereocenters. The van der Waals surface area contributed by atoms with Crippen molar-refractivity contribution in [1.29, 1.82) is 0 Å². The van der Waals surface area contributed by atoms with Crippen LogP contribution in [0.1, 0.15) is 22.8 Å². The number of ether oxygens (including phenoxy) is 2. The van der Waals surface area contributed by atoms with Gasteiger partial charge in [-0.25, -0.2) is 0 Å². The molecule has 0 aliphatic heterocycles. The van der Waals surface area contributed by atoms with E-state index < -0.39 is 6.10 Å². The fourth-order valence-electron chi connectivity index (χ4n) is 2.26. The summed E-state index contributed by atoms with van der Waals surface area (Å²) in [6.45, 7) is 4.76. The number of amides is 1. The fourth-order valence-corrected chi connectivity index (χ4v) is 2.26. The number of carbonyl (C=O) groups excluding carboxylic acids is 1. The standard InChI is InChI=1S/C19H23NO3/c1-14-9-10-15(2)17(13-14)22-11-12-23-18(19(21)20-3)16-7-5-4-6-8-16/h4-10,13,18H,11-12H2,1-3H3,(H,20,21). The minimum atomic E-state index is -0.622. The molecule has 0 saturated carbocycles. The summed E-state index contributed by atoms with van der Waals surface area (Å²) in [5.41, 5.74) is 3.07. The van der Waals surface area contributed by atoms with E-state index in [-0.39, 0.29) is 5.91 Å². The molecule has 0 fully saturated rings. The lowest BCUT2D eigenvalue weighted by Gasteiger charge is -2.17. The SMILES string of the molecule is CNC(=O)C(OCCOc1cc(C)ccc1C)c1ccccc1. The highest BCUT2D eigenvalue weighted by atomic mass is 16.5. The van der Waals surface area contributed by atoms with Crippen LogP contribution < -0.4 is 10.1 Å². The highest BCUT2D eigenvalue weighted by Gasteiger charge is 2.19. The van der Waals surface area contributed by atoms with E-state index in [1.807, 2.05) is 56.3 Å². The van der Waals surface area contributed by atoms with Gasteiger partial charge in [0.15, 0.2) is 6.10 Å². The molecule has 0 bridgehead atoms. The molecule has 1 N–H and O–H groups in total. The number of hydrogen-bond acceptors (Lipinski definition) is 3. The lowest BCUT2D eigenvalue weighted by molar-refractivity contribution is -0.133. The van der Waals surface area contributed by atoms with Gasteiger partial charge in [-0.2, -0.15) is 0 Å². The number of hydrogen-bond donors (Lipinski definition) is 1. The molecular weight excluding hydrogens is 290 g/mol. The molecule has 23 heavy (non-hydrogen) atoms. The van der Waals surface area contributed by atoms with Crippen molar-refractivity contribution in [3.63, 3.8) is 0 Å². The Morgan fingerprint density at radius 1 is 1.09 bits per heavy atom. The zero-order chi connectivity index (χ0) is 16.7. The maximum atomic E-state index is 12.0. The van der Waals surface area contributed by atoms with Gasteiger partial charge in [-0.05, 0) is 36.6 Å². The average Bonchev–Trinajstić information content (AvgIpc) is 2.58. The van der Waals surface area contributed by atoms with Crippen LogP contribution in [0, 0.1) is 13.8 Å². The maximum Gasteiger partial charge on any atom is 0.253 e. The highest BCUT2D eigenvalue weighted by Crippen LogP contribution is 2.20. The van der Waals surface area contributed by atoms with Crippen LogP contribution in [0.2, 0.25) is 0 Å². The van der Waals surface area contributed by atoms with Crippen molar-refractivity contribution in [2.75, 3.05) is 20.3 Å². The normalized spacial score (nSPS) is 11.8. The van der Waals surface area contributed by atoms with E-state index in [2.05, 4.69) is 11.4 Å². The van der Waals surface area contributed by atoms with Crippen molar-refractivity contribution in [3.05, 3.63) is 65.2 Å². The number of aryl methyl sites for hydroxylation is 2. The first-order valence-corrected chi connectivity index (χ1v) is 7.70. The van der Waals surface area contributed by atoms with Gasteiger partial charge in [0.05, 0.1) is 6.61 Å². The zero-order valence-electron chi connectivity index (χ0n) is 13.8. The molecule has 0 aliphatic rings. The van der Waals surface area contributed by atoms with E-state index in [1.165, 1.54) is 0 Å². The van der Waals surface area contributed by atoms with E-state index in [1.54, 1.807) is 7.05 Å². The number of rotatable bonds is 7. The molecule has 0 aliphatic carbocycles. The topological polar surface area (TPSA) is 47.6 Å². The van der Waals surface area contributed by atoms with Crippen molar-refractivity contribution in [1.82, 2.24) is 5.32 Å². The molecule has 0 aromatic heterocycles. The van der Waals surface area contributed by atoms with Crippen LogP contribution in [-0.4, -0.2) is 26.2 Å². The third-order valence-corrected chi connectivity index (χ3v) is 3.56. The van der Waals surface area contributed by atoms with Crippen LogP contribution in [-0.2, 0) is 9.53 Å². The molecule has 2 rings (SSSR count). The smallest absolute Gasteiger partial charge is 0.253 e. The van der Waals surface area contributed by atoms with Crippen molar-refractivity contribution < 1.29 is 14.3 Å². The summed E-state index contributed by atoms with van der Waals surface area (Å²) in [6.07, 6.45) is -0.622. The average molecular weight is 313 g/mol. The largest absolute Gasteiger partial charge is 0.491 e. The van der Waals surface area contributed by atoms with E-state index in [0.29, 0.717) is 13.2 Å². The van der Waals surface area contributed by atoms with Crippen LogP contribution in [0.15, 0.2) is 48.5 Å². The van der Waals surface area contributed by atoms with Crippen LogP contribution >= 0.6 is 0 Å². The molecule has 0 heterocycles. The zero-order valence-corrected chi connectivity index (χ0v) is 13.8. The lowest BCUT2D eigenvalue weighted by Crippen LogP contribution is -2.28. The Bertz CT molecular complexity index is 640. The molecule has 0 saturated heterocycles. The number of likely N-dealkylation sites (N-methyl/N-ethyl adjacent to an activating group) is 1. The van der Waals surface area contributed by atoms with Crippen LogP contribution in [0.3, 0.4) is 0 Å². The number of benzene rings is 2. The Kier molecular flexibility index (Phi) is 6.18. The van der Waals surface area contributed by atoms with Crippen molar-refractivity contribution in [2.45, 2.75) is 20.0 Å². The molecule has 0 radical (unpaired) electrons. The van der Waals surface area contributed by atoms with Gasteiger partial charge in [0.25, 0.3) is 5.91 Å². The second kappa shape index (κ2) is 8.34. The lowest BCUT2D eigenvalue weighted by atomic mass is 10.1. The molecule has 4 nitrogen and oxygen atoms in total. The van der Waals surface area contributed by atoms with E-state index in [4.69, 9.17) is 9.47 Å². The molecule has 2 aromatic carbocycles. The number of carbonyl (C=O) groups is 1. The first-order valence-electron chi connectivity index (χ1n) is 7.70. The van der Waals surface area contributed by atoms with Gasteiger partial charge >= 0.3 is 0 Å². The quantitative estimate of drug-likeness (QED) is 0.799. The Morgan fingerprint density at radius 2 is 1.83 bits per heavy atom. The van der Waals surface area contributed by atoms with Gasteiger partial charge in [-0.1, -0.05) is 42.5 Å². The monoisotopic (exact) mass is 313 g/mol. The third kappa shape index (κ3) is 4.83. The molecule has 122 valence electrons. The van der Waals surface area contributed by atoms with Crippen molar-refractivity contribution in [2.24, 2.45) is 0 Å². The summed E-state index contributed by atoms with van der Waals surface area (Å²) in [5, 5.41) is 2.63. The predicted molar refractivity (Wildman–Crippen MR) is 90.6 cm³/mol. The Labute approximate surface area is 137 Å². The molecule has 1 unspecified atom stereocenters. The second-order valence-corrected chi connectivity index (χ2v) is 5.39. The van der Waals surface area contributed by atoms with Crippen molar-refractivity contribution in [3.8, 4) is 5.75 Å². The van der Waals surface area contributed by atoms with Gasteiger partial charge in [0, 0.05) is 7.05 Å². The van der Waals surface area contributed by atoms with E-state index in [0.717, 1.165) is 22.4 Å². The summed E-state index contributed by atoms with van der Waals surface area (Å²) in [5.74, 6) is 0.688. The summed E-state index contributed by atoms with van der Waals surface area (Å²) < 4.78 is 11.5. The van der Waals surface area contributed by atoms with E-state index in [9.17, 15) is 4.79 Å². The Morgan fingerprint density at radius 3 is 2.52 bits per heavy atom. The second-order valence-electron chi connectivity index (χ2n) is 5.39. The van der Waals surface area contributed by atoms with Gasteiger partial charge in [0.1, 0.15) is 12.4 Å². The van der Waals surface area contributed by atoms with Crippen LogP contribution in [0.25, 0.3) is 0 Å². The molecule has 1 amide bonds. The Balaban J connectivity index is 1.92. The molecule has 0 spiro atoms. The molecule has 4 heteroatoms. The predicted octanol–water partition coefficient (Wildman–Crippen LogP) is 3.19. The van der Waals surface area contributed by atoms with Crippen molar-refractivity contribution >= 4 is 5.91 Å². The summed E-state index contributed by atoms with van der Waals surface area (Å²) in [4.78, 5) is 12.0. The minimum absolute atomic E-state index is 0.164. The first kappa shape index (κ1) is 17.0. The van der Waals surface area contributed by atoms with E-state index >= 15 is 0 Å². The molecule has 2 aromatic rings. The maximum absolute atomic E-state index is 12.0. The fraction of sp³-hybridized carbons (Fsp3) is 0.316. The summed E-state index contributed by atoms with van der Waals surface area (Å²) in [7, 11) is 1.61. The van der Waals surface area contributed by atoms with Gasteiger partial charge in [0.2, 0.25) is 0 Å². The molecular formula is C19H23NO3. The summed E-state index contributed by atoms with van der Waals surface area (Å²) >= 11 is 0. The third-order valence-electron chi connectivity index (χ3n) is 3.56. The summed E-state index contributed by atoms with van der Waals surface area (Å²) in [6, 6.07) is 15.5. The van der Waals surface area contributed by atoms with Crippen LogP contribution in [0.5, 0.6) is 5.75 Å². The van der Waals surface area contributed by atoms with Gasteiger partial charge in [-0.3, -0.25) is 4.79 Å².